The lowest BCUT2D eigenvalue weighted by Gasteiger charge is -2.30. The van der Waals surface area contributed by atoms with Crippen LogP contribution >= 0.6 is 0 Å². The predicted octanol–water partition coefficient (Wildman–Crippen LogP) is -0.0809. The number of hydrogen-bond donors (Lipinski definition) is 1. The van der Waals surface area contributed by atoms with Crippen LogP contribution in [0.1, 0.15) is 19.8 Å². The Morgan fingerprint density at radius 2 is 2.06 bits per heavy atom. The molecule has 0 radical (unpaired) electrons. The molecule has 2 heterocycles. The average molecular weight is 255 g/mol. The van der Waals surface area contributed by atoms with E-state index in [-0.39, 0.29) is 0 Å². The first-order valence-corrected chi connectivity index (χ1v) is 7.07. The highest BCUT2D eigenvalue weighted by Gasteiger charge is 2.22. The molecule has 104 valence electrons. The average Bonchev–Trinajstić information content (AvgIpc) is 2.62. The number of amides is 1. The van der Waals surface area contributed by atoms with E-state index in [2.05, 4.69) is 17.1 Å². The standard InChI is InChI=1S/C13H25N3O2/c1-12-2-4-14-5-7-16(12)13(17)3-6-15-8-10-18-11-9-15/h12,14H,2-11H2,1H3. The highest BCUT2D eigenvalue weighted by molar-refractivity contribution is 5.76. The third-order valence-corrected chi connectivity index (χ3v) is 3.87. The largest absolute Gasteiger partial charge is 0.379 e. The van der Waals surface area contributed by atoms with Gasteiger partial charge in [0.2, 0.25) is 5.91 Å². The Kier molecular flexibility index (Phi) is 5.41. The van der Waals surface area contributed by atoms with E-state index in [0.29, 0.717) is 18.4 Å². The Morgan fingerprint density at radius 1 is 1.28 bits per heavy atom. The summed E-state index contributed by atoms with van der Waals surface area (Å²) in [5.74, 6) is 0.303. The third-order valence-electron chi connectivity index (χ3n) is 3.87. The lowest BCUT2D eigenvalue weighted by Crippen LogP contribution is -2.43. The van der Waals surface area contributed by atoms with Crippen LogP contribution in [0, 0.1) is 0 Å². The maximum Gasteiger partial charge on any atom is 0.224 e. The molecule has 2 fully saturated rings. The molecule has 0 spiro atoms. The van der Waals surface area contributed by atoms with Crippen molar-refractivity contribution in [2.24, 2.45) is 0 Å². The number of ether oxygens (including phenoxy) is 1. The molecule has 2 aliphatic heterocycles. The normalized spacial score (nSPS) is 26.9. The van der Waals surface area contributed by atoms with Crippen molar-refractivity contribution in [1.82, 2.24) is 15.1 Å². The zero-order valence-electron chi connectivity index (χ0n) is 11.4. The molecule has 18 heavy (non-hydrogen) atoms. The van der Waals surface area contributed by atoms with Crippen LogP contribution in [0.15, 0.2) is 0 Å². The van der Waals surface area contributed by atoms with Crippen molar-refractivity contribution in [2.75, 3.05) is 52.5 Å². The summed E-state index contributed by atoms with van der Waals surface area (Å²) in [4.78, 5) is 16.6. The second-order valence-electron chi connectivity index (χ2n) is 5.18. The van der Waals surface area contributed by atoms with E-state index in [9.17, 15) is 4.79 Å². The van der Waals surface area contributed by atoms with Crippen LogP contribution in [0.5, 0.6) is 0 Å². The zero-order chi connectivity index (χ0) is 12.8. The molecular weight excluding hydrogens is 230 g/mol. The van der Waals surface area contributed by atoms with E-state index < -0.39 is 0 Å². The van der Waals surface area contributed by atoms with Crippen LogP contribution in [0.2, 0.25) is 0 Å². The van der Waals surface area contributed by atoms with Crippen molar-refractivity contribution in [3.05, 3.63) is 0 Å². The molecule has 2 aliphatic rings. The van der Waals surface area contributed by atoms with Crippen molar-refractivity contribution in [3.63, 3.8) is 0 Å². The van der Waals surface area contributed by atoms with Crippen LogP contribution in [0.25, 0.3) is 0 Å². The van der Waals surface area contributed by atoms with Gasteiger partial charge in [0.1, 0.15) is 0 Å². The fraction of sp³-hybridized carbons (Fsp3) is 0.923. The second kappa shape index (κ2) is 7.07. The van der Waals surface area contributed by atoms with E-state index >= 15 is 0 Å². The second-order valence-corrected chi connectivity index (χ2v) is 5.18. The quantitative estimate of drug-likeness (QED) is 0.766. The number of morpholine rings is 1. The molecule has 0 aromatic rings. The van der Waals surface area contributed by atoms with Gasteiger partial charge in [-0.05, 0) is 19.9 Å². The van der Waals surface area contributed by atoms with Gasteiger partial charge in [0, 0.05) is 45.2 Å². The molecule has 1 atom stereocenters. The number of nitrogens with one attached hydrogen (secondary N) is 1. The van der Waals surface area contributed by atoms with Gasteiger partial charge in [0.25, 0.3) is 0 Å². The predicted molar refractivity (Wildman–Crippen MR) is 70.5 cm³/mol. The van der Waals surface area contributed by atoms with Gasteiger partial charge in [-0.2, -0.15) is 0 Å². The number of nitrogens with zero attached hydrogens (tertiary/aromatic N) is 2. The summed E-state index contributed by atoms with van der Waals surface area (Å²) in [6.07, 6.45) is 1.70. The number of hydrogen-bond acceptors (Lipinski definition) is 4. The minimum atomic E-state index is 0.303. The van der Waals surface area contributed by atoms with Crippen molar-refractivity contribution >= 4 is 5.91 Å². The van der Waals surface area contributed by atoms with Gasteiger partial charge in [0.05, 0.1) is 13.2 Å². The summed E-state index contributed by atoms with van der Waals surface area (Å²) in [6, 6.07) is 0.372. The summed E-state index contributed by atoms with van der Waals surface area (Å²) < 4.78 is 5.31. The third kappa shape index (κ3) is 3.93. The Balaban J connectivity index is 1.75. The number of carbonyl (C=O) groups is 1. The smallest absolute Gasteiger partial charge is 0.224 e. The minimum Gasteiger partial charge on any atom is -0.379 e. The van der Waals surface area contributed by atoms with E-state index in [1.165, 1.54) is 0 Å². The minimum absolute atomic E-state index is 0.303. The van der Waals surface area contributed by atoms with Crippen LogP contribution in [-0.4, -0.2) is 74.2 Å². The highest BCUT2D eigenvalue weighted by atomic mass is 16.5. The van der Waals surface area contributed by atoms with Gasteiger partial charge in [-0.3, -0.25) is 9.69 Å². The monoisotopic (exact) mass is 255 g/mol. The number of rotatable bonds is 3. The molecule has 5 heteroatoms. The summed E-state index contributed by atoms with van der Waals surface area (Å²) in [6.45, 7) is 9.36. The first-order valence-electron chi connectivity index (χ1n) is 7.07. The van der Waals surface area contributed by atoms with E-state index in [1.54, 1.807) is 0 Å². The molecule has 2 rings (SSSR count). The summed E-state index contributed by atoms with van der Waals surface area (Å²) in [7, 11) is 0. The topological polar surface area (TPSA) is 44.8 Å². The molecule has 0 bridgehead atoms. The Bertz CT molecular complexity index is 267. The first-order chi connectivity index (χ1) is 8.77. The van der Waals surface area contributed by atoms with E-state index in [4.69, 9.17) is 4.74 Å². The van der Waals surface area contributed by atoms with Crippen molar-refractivity contribution < 1.29 is 9.53 Å². The summed E-state index contributed by atoms with van der Waals surface area (Å²) in [5.41, 5.74) is 0. The molecule has 1 amide bonds. The molecule has 0 saturated carbocycles. The van der Waals surface area contributed by atoms with Gasteiger partial charge < -0.3 is 15.0 Å². The van der Waals surface area contributed by atoms with E-state index in [0.717, 1.165) is 58.9 Å². The molecule has 2 saturated heterocycles. The van der Waals surface area contributed by atoms with Crippen LogP contribution in [-0.2, 0) is 9.53 Å². The van der Waals surface area contributed by atoms with Crippen LogP contribution < -0.4 is 5.32 Å². The Labute approximate surface area is 109 Å². The summed E-state index contributed by atoms with van der Waals surface area (Å²) in [5, 5.41) is 3.35. The summed E-state index contributed by atoms with van der Waals surface area (Å²) >= 11 is 0. The molecule has 0 aromatic carbocycles. The van der Waals surface area contributed by atoms with Crippen molar-refractivity contribution in [2.45, 2.75) is 25.8 Å². The van der Waals surface area contributed by atoms with E-state index in [1.807, 2.05) is 4.90 Å². The fourth-order valence-electron chi connectivity index (χ4n) is 2.60. The van der Waals surface area contributed by atoms with Gasteiger partial charge >= 0.3 is 0 Å². The molecule has 1 N–H and O–H groups in total. The zero-order valence-corrected chi connectivity index (χ0v) is 11.4. The van der Waals surface area contributed by atoms with Crippen LogP contribution in [0.4, 0.5) is 0 Å². The maximum atomic E-state index is 12.2. The Hall–Kier alpha value is -0.650. The lowest BCUT2D eigenvalue weighted by atomic mass is 10.2. The van der Waals surface area contributed by atoms with Gasteiger partial charge in [-0.25, -0.2) is 0 Å². The van der Waals surface area contributed by atoms with Gasteiger partial charge in [-0.1, -0.05) is 0 Å². The lowest BCUT2D eigenvalue weighted by molar-refractivity contribution is -0.133. The SMILES string of the molecule is CC1CCNCCN1C(=O)CCN1CCOCC1. The maximum absolute atomic E-state index is 12.2. The molecule has 1 unspecified atom stereocenters. The van der Waals surface area contributed by atoms with Crippen LogP contribution in [0.3, 0.4) is 0 Å². The van der Waals surface area contributed by atoms with Crippen molar-refractivity contribution in [1.29, 1.82) is 0 Å². The molecule has 5 nitrogen and oxygen atoms in total. The molecule has 0 aliphatic carbocycles. The Morgan fingerprint density at radius 3 is 2.83 bits per heavy atom. The van der Waals surface area contributed by atoms with Gasteiger partial charge in [0.15, 0.2) is 0 Å². The first kappa shape index (κ1) is 13.8. The van der Waals surface area contributed by atoms with Gasteiger partial charge in [-0.15, -0.1) is 0 Å². The molecule has 0 aromatic heterocycles. The highest BCUT2D eigenvalue weighted by Crippen LogP contribution is 2.09. The molecular formula is C13H25N3O2. The number of carbonyl (C=O) groups excluding carboxylic acids is 1. The fourth-order valence-corrected chi connectivity index (χ4v) is 2.60. The van der Waals surface area contributed by atoms with Crippen molar-refractivity contribution in [3.8, 4) is 0 Å².